The highest BCUT2D eigenvalue weighted by Crippen LogP contribution is 2.27. The third-order valence-corrected chi connectivity index (χ3v) is 6.30. The summed E-state index contributed by atoms with van der Waals surface area (Å²) in [5.41, 5.74) is 3.73. The molecule has 0 aliphatic carbocycles. The summed E-state index contributed by atoms with van der Waals surface area (Å²) in [6.07, 6.45) is 0.881. The zero-order valence-electron chi connectivity index (χ0n) is 17.7. The summed E-state index contributed by atoms with van der Waals surface area (Å²) in [5, 5.41) is 4.23. The van der Waals surface area contributed by atoms with E-state index in [1.807, 2.05) is 68.6 Å². The molecule has 6 heteroatoms. The second-order valence-corrected chi connectivity index (χ2v) is 9.04. The number of hydrogen-bond donors (Lipinski definition) is 1. The second-order valence-electron chi connectivity index (χ2n) is 7.96. The molecule has 0 aliphatic rings. The molecule has 1 N–H and O–H groups in total. The molecule has 2 aromatic heterocycles. The number of carbonyl (C=O) groups is 1. The molecular formula is C24H26N4OS. The van der Waals surface area contributed by atoms with Crippen molar-refractivity contribution in [2.75, 3.05) is 0 Å². The van der Waals surface area contributed by atoms with Crippen molar-refractivity contribution in [2.45, 2.75) is 33.2 Å². The highest BCUT2D eigenvalue weighted by Gasteiger charge is 2.25. The number of benzene rings is 2. The minimum Gasteiger partial charge on any atom is -0.337 e. The van der Waals surface area contributed by atoms with Crippen LogP contribution in [0.2, 0.25) is 0 Å². The number of imidazole rings is 1. The first-order valence-corrected chi connectivity index (χ1v) is 11.0. The maximum Gasteiger partial charge on any atom is 0.264 e. The van der Waals surface area contributed by atoms with E-state index < -0.39 is 0 Å². The Morgan fingerprint density at radius 2 is 1.77 bits per heavy atom. The van der Waals surface area contributed by atoms with Crippen LogP contribution >= 0.6 is 11.3 Å². The van der Waals surface area contributed by atoms with Crippen molar-refractivity contribution in [1.29, 1.82) is 0 Å². The molecule has 1 amide bonds. The third kappa shape index (κ3) is 4.00. The summed E-state index contributed by atoms with van der Waals surface area (Å²) in [4.78, 5) is 23.4. The normalized spacial score (nSPS) is 12.4. The van der Waals surface area contributed by atoms with E-state index in [-0.39, 0.29) is 11.9 Å². The molecule has 0 saturated carbocycles. The molecule has 30 heavy (non-hydrogen) atoms. The Kier molecular flexibility index (Phi) is 5.68. The monoisotopic (exact) mass is 418 g/mol. The molecule has 0 spiro atoms. The van der Waals surface area contributed by atoms with Crippen LogP contribution in [0.4, 0.5) is 0 Å². The first-order valence-electron chi connectivity index (χ1n) is 10.2. The van der Waals surface area contributed by atoms with Gasteiger partial charge in [0.25, 0.3) is 5.91 Å². The molecular weight excluding hydrogens is 392 g/mol. The molecule has 0 bridgehead atoms. The van der Waals surface area contributed by atoms with Gasteiger partial charge in [0.2, 0.25) is 0 Å². The van der Waals surface area contributed by atoms with Crippen molar-refractivity contribution in [1.82, 2.24) is 19.9 Å². The SMILES string of the molecule is Cc1nc(CC(C)C)sc1C(=O)NC(c1ccccc1)c1nc2ccccc2n1C. The van der Waals surface area contributed by atoms with Crippen LogP contribution in [0.3, 0.4) is 0 Å². The van der Waals surface area contributed by atoms with E-state index in [4.69, 9.17) is 4.98 Å². The quantitative estimate of drug-likeness (QED) is 0.476. The van der Waals surface area contributed by atoms with Gasteiger partial charge >= 0.3 is 0 Å². The third-order valence-electron chi connectivity index (χ3n) is 5.12. The first kappa shape index (κ1) is 20.3. The molecule has 0 fully saturated rings. The van der Waals surface area contributed by atoms with Gasteiger partial charge in [-0.3, -0.25) is 4.79 Å². The van der Waals surface area contributed by atoms with Crippen LogP contribution in [0.25, 0.3) is 11.0 Å². The van der Waals surface area contributed by atoms with Gasteiger partial charge in [-0.05, 0) is 30.5 Å². The smallest absolute Gasteiger partial charge is 0.264 e. The van der Waals surface area contributed by atoms with Gasteiger partial charge in [-0.2, -0.15) is 0 Å². The van der Waals surface area contributed by atoms with Crippen molar-refractivity contribution < 1.29 is 4.79 Å². The zero-order valence-corrected chi connectivity index (χ0v) is 18.5. The molecule has 0 aliphatic heterocycles. The number of carbonyl (C=O) groups excluding carboxylic acids is 1. The standard InChI is InChI=1S/C24H26N4OS/c1-15(2)14-20-25-16(3)22(30-20)24(29)27-21(17-10-6-5-7-11-17)23-26-18-12-8-9-13-19(18)28(23)4/h5-13,15,21H,14H2,1-4H3,(H,27,29). The number of thiazole rings is 1. The van der Waals surface area contributed by atoms with Gasteiger partial charge in [0.05, 0.1) is 21.7 Å². The summed E-state index contributed by atoms with van der Waals surface area (Å²) >= 11 is 1.49. The maximum atomic E-state index is 13.3. The first-order chi connectivity index (χ1) is 14.4. The minimum absolute atomic E-state index is 0.110. The molecule has 5 nitrogen and oxygen atoms in total. The Morgan fingerprint density at radius 1 is 1.07 bits per heavy atom. The fraction of sp³-hybridized carbons (Fsp3) is 0.292. The minimum atomic E-state index is -0.355. The number of rotatable bonds is 6. The number of nitrogens with one attached hydrogen (secondary N) is 1. The number of aromatic nitrogens is 3. The van der Waals surface area contributed by atoms with Crippen LogP contribution < -0.4 is 5.32 Å². The van der Waals surface area contributed by atoms with Gasteiger partial charge in [-0.25, -0.2) is 9.97 Å². The Labute approximate surface area is 180 Å². The maximum absolute atomic E-state index is 13.3. The highest BCUT2D eigenvalue weighted by atomic mass is 32.1. The number of amides is 1. The molecule has 4 aromatic rings. The lowest BCUT2D eigenvalue weighted by molar-refractivity contribution is 0.0944. The fourth-order valence-corrected chi connectivity index (χ4v) is 4.84. The molecule has 1 atom stereocenters. The van der Waals surface area contributed by atoms with Crippen molar-refractivity contribution in [2.24, 2.45) is 13.0 Å². The van der Waals surface area contributed by atoms with Crippen LogP contribution in [0.15, 0.2) is 54.6 Å². The van der Waals surface area contributed by atoms with E-state index in [2.05, 4.69) is 28.7 Å². The molecule has 0 saturated heterocycles. The van der Waals surface area contributed by atoms with Crippen LogP contribution in [-0.2, 0) is 13.5 Å². The summed E-state index contributed by atoms with van der Waals surface area (Å²) in [6, 6.07) is 17.6. The van der Waals surface area contributed by atoms with E-state index in [0.717, 1.165) is 39.5 Å². The Hall–Kier alpha value is -2.99. The van der Waals surface area contributed by atoms with Crippen molar-refractivity contribution in [3.05, 3.63) is 81.6 Å². The highest BCUT2D eigenvalue weighted by molar-refractivity contribution is 7.13. The summed E-state index contributed by atoms with van der Waals surface area (Å²) in [5.74, 6) is 1.20. The van der Waals surface area contributed by atoms with E-state index in [1.165, 1.54) is 11.3 Å². The molecule has 4 rings (SSSR count). The van der Waals surface area contributed by atoms with E-state index >= 15 is 0 Å². The number of nitrogens with zero attached hydrogens (tertiary/aromatic N) is 3. The van der Waals surface area contributed by atoms with Crippen molar-refractivity contribution in [3.8, 4) is 0 Å². The van der Waals surface area contributed by atoms with E-state index in [9.17, 15) is 4.79 Å². The Bertz CT molecular complexity index is 1180. The Balaban J connectivity index is 1.72. The molecule has 2 heterocycles. The number of hydrogen-bond acceptors (Lipinski definition) is 4. The lowest BCUT2D eigenvalue weighted by Gasteiger charge is -2.19. The summed E-state index contributed by atoms with van der Waals surface area (Å²) < 4.78 is 2.05. The van der Waals surface area contributed by atoms with Gasteiger partial charge in [0.1, 0.15) is 16.7 Å². The predicted octanol–water partition coefficient (Wildman–Crippen LogP) is 5.06. The summed E-state index contributed by atoms with van der Waals surface area (Å²) in [7, 11) is 1.99. The lowest BCUT2D eigenvalue weighted by Crippen LogP contribution is -2.31. The largest absolute Gasteiger partial charge is 0.337 e. The predicted molar refractivity (Wildman–Crippen MR) is 122 cm³/mol. The summed E-state index contributed by atoms with van der Waals surface area (Å²) in [6.45, 7) is 6.23. The van der Waals surface area contributed by atoms with Gasteiger partial charge < -0.3 is 9.88 Å². The second kappa shape index (κ2) is 8.40. The Morgan fingerprint density at radius 3 is 2.47 bits per heavy atom. The van der Waals surface area contributed by atoms with Gasteiger partial charge in [0.15, 0.2) is 0 Å². The van der Waals surface area contributed by atoms with Gasteiger partial charge in [-0.1, -0.05) is 56.3 Å². The van der Waals surface area contributed by atoms with E-state index in [1.54, 1.807) is 0 Å². The van der Waals surface area contributed by atoms with Crippen LogP contribution in [0.5, 0.6) is 0 Å². The number of para-hydroxylation sites is 2. The average molecular weight is 419 g/mol. The van der Waals surface area contributed by atoms with Crippen LogP contribution in [0.1, 0.15) is 51.7 Å². The van der Waals surface area contributed by atoms with Crippen molar-refractivity contribution >= 4 is 28.3 Å². The fourth-order valence-electron chi connectivity index (χ4n) is 3.66. The molecule has 0 radical (unpaired) electrons. The van der Waals surface area contributed by atoms with Gasteiger partial charge in [0, 0.05) is 13.5 Å². The zero-order chi connectivity index (χ0) is 21.3. The lowest BCUT2D eigenvalue weighted by atomic mass is 10.1. The van der Waals surface area contributed by atoms with Crippen LogP contribution in [-0.4, -0.2) is 20.4 Å². The molecule has 154 valence electrons. The molecule has 2 aromatic carbocycles. The number of aryl methyl sites for hydroxylation is 2. The number of fused-ring (bicyclic) bond motifs is 1. The van der Waals surface area contributed by atoms with Crippen LogP contribution in [0, 0.1) is 12.8 Å². The topological polar surface area (TPSA) is 59.8 Å². The van der Waals surface area contributed by atoms with E-state index in [0.29, 0.717) is 10.8 Å². The molecule has 1 unspecified atom stereocenters. The van der Waals surface area contributed by atoms with Crippen molar-refractivity contribution in [3.63, 3.8) is 0 Å². The van der Waals surface area contributed by atoms with Gasteiger partial charge in [-0.15, -0.1) is 11.3 Å². The average Bonchev–Trinajstić information content (AvgIpc) is 3.26.